The number of nitrogens with one attached hydrogen (secondary N) is 1. The average molecular weight is 456 g/mol. The zero-order chi connectivity index (χ0) is 21.5. The van der Waals surface area contributed by atoms with Gasteiger partial charge in [-0.25, -0.2) is 4.79 Å². The molecule has 0 aliphatic carbocycles. The molecule has 0 bridgehead atoms. The number of hydrogen-bond acceptors (Lipinski definition) is 7. The molecule has 0 aromatic heterocycles. The van der Waals surface area contributed by atoms with E-state index in [2.05, 4.69) is 5.32 Å². The van der Waals surface area contributed by atoms with Crippen molar-refractivity contribution in [2.75, 3.05) is 6.54 Å². The molecule has 1 unspecified atom stereocenters. The first-order valence-corrected chi connectivity index (χ1v) is 19.7. The van der Waals surface area contributed by atoms with Crippen LogP contribution >= 0.6 is 0 Å². The number of amides is 1. The van der Waals surface area contributed by atoms with Gasteiger partial charge in [-0.2, -0.15) is 0 Å². The summed E-state index contributed by atoms with van der Waals surface area (Å²) in [6.07, 6.45) is 2.25. The van der Waals surface area contributed by atoms with Gasteiger partial charge in [0, 0.05) is 18.7 Å². The summed E-state index contributed by atoms with van der Waals surface area (Å²) in [4.78, 5) is 42.2. The Labute approximate surface area is 165 Å². The molecule has 0 saturated carbocycles. The van der Waals surface area contributed by atoms with E-state index in [0.717, 1.165) is 12.2 Å². The molecular formula is C14H33NO8Si4. The van der Waals surface area contributed by atoms with Gasteiger partial charge in [0.15, 0.2) is 0 Å². The van der Waals surface area contributed by atoms with Crippen LogP contribution in [-0.2, 0) is 21.9 Å². The van der Waals surface area contributed by atoms with Gasteiger partial charge >= 0.3 is 40.2 Å². The maximum absolute atomic E-state index is 11.5. The zero-order valence-electron chi connectivity index (χ0n) is 17.2. The van der Waals surface area contributed by atoms with Gasteiger partial charge in [-0.3, -0.25) is 4.79 Å². The minimum absolute atomic E-state index is 0.314. The summed E-state index contributed by atoms with van der Waals surface area (Å²) in [5.41, 5.74) is 0. The largest absolute Gasteiger partial charge is 0.478 e. The lowest BCUT2D eigenvalue weighted by atomic mass is 10.4. The molecular weight excluding hydrogens is 422 g/mol. The first-order valence-electron chi connectivity index (χ1n) is 8.67. The van der Waals surface area contributed by atoms with Gasteiger partial charge in [-0.1, -0.05) is 0 Å². The van der Waals surface area contributed by atoms with Gasteiger partial charge in [0.25, 0.3) is 0 Å². The third-order valence-corrected chi connectivity index (χ3v) is 15.6. The van der Waals surface area contributed by atoms with Gasteiger partial charge in [-0.05, 0) is 58.3 Å². The van der Waals surface area contributed by atoms with Crippen molar-refractivity contribution in [2.45, 2.75) is 58.3 Å². The highest BCUT2D eigenvalue weighted by molar-refractivity contribution is 6.87. The first kappa shape index (κ1) is 26.3. The van der Waals surface area contributed by atoms with E-state index in [-0.39, 0.29) is 0 Å². The van der Waals surface area contributed by atoms with Crippen LogP contribution in [0.2, 0.25) is 51.9 Å². The van der Waals surface area contributed by atoms with Crippen LogP contribution in [0.5, 0.6) is 0 Å². The van der Waals surface area contributed by atoms with Crippen molar-refractivity contribution in [1.29, 1.82) is 0 Å². The Morgan fingerprint density at radius 1 is 0.889 bits per heavy atom. The fourth-order valence-electron chi connectivity index (χ4n) is 2.62. The van der Waals surface area contributed by atoms with Crippen LogP contribution in [0, 0.1) is 0 Å². The van der Waals surface area contributed by atoms with Crippen molar-refractivity contribution >= 4 is 46.1 Å². The lowest BCUT2D eigenvalue weighted by molar-refractivity contribution is -0.131. The highest BCUT2D eigenvalue weighted by Gasteiger charge is 2.45. The molecule has 158 valence electrons. The molecule has 0 spiro atoms. The van der Waals surface area contributed by atoms with Crippen LogP contribution in [0.4, 0.5) is 0 Å². The van der Waals surface area contributed by atoms with E-state index in [1.54, 1.807) is 26.2 Å². The highest BCUT2D eigenvalue weighted by atomic mass is 28.5. The van der Waals surface area contributed by atoms with Crippen molar-refractivity contribution in [3.05, 3.63) is 12.2 Å². The number of carboxylic acid groups (broad SMARTS) is 1. The number of carboxylic acids is 1. The molecule has 0 rings (SSSR count). The van der Waals surface area contributed by atoms with Gasteiger partial charge in [0.05, 0.1) is 0 Å². The normalized spacial score (nSPS) is 15.6. The van der Waals surface area contributed by atoms with Crippen LogP contribution in [0.15, 0.2) is 12.2 Å². The maximum Gasteiger partial charge on any atom is 0.328 e. The summed E-state index contributed by atoms with van der Waals surface area (Å²) >= 11 is 0. The Balaban J connectivity index is 4.89. The Bertz CT molecular complexity index is 544. The Hall–Kier alpha value is -0.652. The highest BCUT2D eigenvalue weighted by Crippen LogP contribution is 2.26. The molecule has 4 N–H and O–H groups in total. The van der Waals surface area contributed by atoms with Crippen LogP contribution < -0.4 is 5.32 Å². The predicted molar refractivity (Wildman–Crippen MR) is 111 cm³/mol. The Morgan fingerprint density at radius 2 is 1.41 bits per heavy atom. The van der Waals surface area contributed by atoms with Crippen molar-refractivity contribution in [1.82, 2.24) is 5.32 Å². The number of aliphatic carboxylic acids is 1. The van der Waals surface area contributed by atoms with E-state index in [4.69, 9.17) is 17.5 Å². The number of hydrogen-bond donors (Lipinski definition) is 4. The lowest BCUT2D eigenvalue weighted by Crippen LogP contribution is -2.58. The zero-order valence-corrected chi connectivity index (χ0v) is 21.2. The molecule has 27 heavy (non-hydrogen) atoms. The Kier molecular flexibility index (Phi) is 9.97. The van der Waals surface area contributed by atoms with E-state index in [1.165, 1.54) is 0 Å². The van der Waals surface area contributed by atoms with E-state index >= 15 is 0 Å². The quantitative estimate of drug-likeness (QED) is 0.197. The molecule has 0 radical (unpaired) electrons. The van der Waals surface area contributed by atoms with E-state index < -0.39 is 46.1 Å². The number of carbonyl (C=O) groups excluding carboxylic acids is 1. The summed E-state index contributed by atoms with van der Waals surface area (Å²) in [5.74, 6) is -1.69. The van der Waals surface area contributed by atoms with Crippen molar-refractivity contribution in [3.63, 3.8) is 0 Å². The smallest absolute Gasteiger partial charge is 0.328 e. The summed E-state index contributed by atoms with van der Waals surface area (Å²) in [5, 5.41) is 11.1. The molecule has 0 aliphatic rings. The molecule has 0 aromatic rings. The molecule has 0 aromatic carbocycles. The second kappa shape index (κ2) is 10.2. The molecule has 1 atom stereocenters. The molecule has 1 amide bonds. The number of carbonyl (C=O) groups is 2. The summed E-state index contributed by atoms with van der Waals surface area (Å²) in [6, 6.07) is 0.500. The SMILES string of the molecule is C[Si](C)(O)O[Si](C)(C)O[Si](C)(CCCNC(=O)C=CC(=O)O)O[Si](C)(C)O. The molecule has 13 heteroatoms. The van der Waals surface area contributed by atoms with Crippen LogP contribution in [-0.4, -0.2) is 67.4 Å². The minimum Gasteiger partial charge on any atom is -0.478 e. The molecule has 9 nitrogen and oxygen atoms in total. The maximum atomic E-state index is 11.5. The van der Waals surface area contributed by atoms with Crippen LogP contribution in [0.3, 0.4) is 0 Å². The topological polar surface area (TPSA) is 135 Å². The monoisotopic (exact) mass is 455 g/mol. The van der Waals surface area contributed by atoms with E-state index in [1.807, 2.05) is 19.6 Å². The fourth-order valence-corrected chi connectivity index (χ4v) is 18.5. The molecule has 0 heterocycles. The third-order valence-electron chi connectivity index (χ3n) is 2.91. The van der Waals surface area contributed by atoms with Crippen molar-refractivity contribution in [2.24, 2.45) is 0 Å². The van der Waals surface area contributed by atoms with Crippen LogP contribution in [0.1, 0.15) is 6.42 Å². The summed E-state index contributed by atoms with van der Waals surface area (Å²) < 4.78 is 18.0. The van der Waals surface area contributed by atoms with Crippen molar-refractivity contribution < 1.29 is 36.6 Å². The summed E-state index contributed by atoms with van der Waals surface area (Å²) in [6.45, 7) is 12.4. The lowest BCUT2D eigenvalue weighted by Gasteiger charge is -2.40. The van der Waals surface area contributed by atoms with Gasteiger partial charge in [-0.15, -0.1) is 0 Å². The Morgan fingerprint density at radius 3 is 1.85 bits per heavy atom. The van der Waals surface area contributed by atoms with Gasteiger partial charge < -0.3 is 32.4 Å². The fraction of sp³-hybridized carbons (Fsp3) is 0.714. The standard InChI is InChI=1S/C14H33NO8Si4/c1-24(2,19)21-26(5,6)23-27(7,22-25(3,4)20)12-8-11-15-13(16)9-10-14(17)18/h9-10,19-20H,8,11-12H2,1-7H3,(H,15,16)(H,17,18). The van der Waals surface area contributed by atoms with Gasteiger partial charge in [0.1, 0.15) is 0 Å². The second-order valence-corrected chi connectivity index (χ2v) is 21.6. The first-order chi connectivity index (χ1) is 11.9. The molecule has 0 fully saturated rings. The van der Waals surface area contributed by atoms with Crippen LogP contribution in [0.25, 0.3) is 0 Å². The molecule has 0 aliphatic heterocycles. The third kappa shape index (κ3) is 15.0. The van der Waals surface area contributed by atoms with Crippen molar-refractivity contribution in [3.8, 4) is 0 Å². The second-order valence-electron chi connectivity index (χ2n) is 7.80. The van der Waals surface area contributed by atoms with Gasteiger partial charge in [0.2, 0.25) is 5.91 Å². The molecule has 0 saturated heterocycles. The minimum atomic E-state index is -2.87. The predicted octanol–water partition coefficient (Wildman–Crippen LogP) is 1.35. The van der Waals surface area contributed by atoms with E-state index in [0.29, 0.717) is 19.0 Å². The number of rotatable bonds is 12. The van der Waals surface area contributed by atoms with E-state index in [9.17, 15) is 19.2 Å². The average Bonchev–Trinajstić information content (AvgIpc) is 2.35. The summed E-state index contributed by atoms with van der Waals surface area (Å²) in [7, 11) is -11.2.